The van der Waals surface area contributed by atoms with E-state index in [-0.39, 0.29) is 11.6 Å². The summed E-state index contributed by atoms with van der Waals surface area (Å²) in [5.41, 5.74) is 1.50. The number of ether oxygens (including phenoxy) is 2. The molecule has 7 heteroatoms. The van der Waals surface area contributed by atoms with E-state index in [1.54, 1.807) is 31.3 Å². The maximum Gasteiger partial charge on any atom is 0.354 e. The first-order valence-corrected chi connectivity index (χ1v) is 8.04. The van der Waals surface area contributed by atoms with Gasteiger partial charge in [0, 0.05) is 24.0 Å². The van der Waals surface area contributed by atoms with Crippen LogP contribution in [0.2, 0.25) is 0 Å². The average Bonchev–Trinajstić information content (AvgIpc) is 2.72. The molecule has 0 atom stereocenters. The number of rotatable bonds is 6. The summed E-state index contributed by atoms with van der Waals surface area (Å²) in [6.45, 7) is 0. The van der Waals surface area contributed by atoms with Gasteiger partial charge in [0.1, 0.15) is 5.70 Å². The van der Waals surface area contributed by atoms with Crippen molar-refractivity contribution in [3.05, 3.63) is 71.9 Å². The van der Waals surface area contributed by atoms with Crippen molar-refractivity contribution in [1.29, 1.82) is 0 Å². The van der Waals surface area contributed by atoms with Gasteiger partial charge in [0.05, 0.1) is 20.3 Å². The molecule has 0 unspecified atom stereocenters. The lowest BCUT2D eigenvalue weighted by atomic mass is 10.1. The maximum absolute atomic E-state index is 12.7. The number of carbonyl (C=O) groups is 3. The van der Waals surface area contributed by atoms with E-state index in [0.29, 0.717) is 11.3 Å². The highest BCUT2D eigenvalue weighted by molar-refractivity contribution is 6.06. The molecule has 0 spiro atoms. The molecule has 1 N–H and O–H groups in total. The second-order valence-corrected chi connectivity index (χ2v) is 5.48. The van der Waals surface area contributed by atoms with Crippen LogP contribution in [0.3, 0.4) is 0 Å². The number of hydrogen-bond donors (Lipinski definition) is 1. The van der Waals surface area contributed by atoms with Gasteiger partial charge in [-0.05, 0) is 30.3 Å². The molecule has 0 fully saturated rings. The van der Waals surface area contributed by atoms with Crippen LogP contribution in [0, 0.1) is 0 Å². The van der Waals surface area contributed by atoms with Gasteiger partial charge in [-0.25, -0.2) is 9.59 Å². The topological polar surface area (TPSA) is 84.9 Å². The smallest absolute Gasteiger partial charge is 0.354 e. The third-order valence-corrected chi connectivity index (χ3v) is 3.71. The Labute approximate surface area is 157 Å². The fourth-order valence-electron chi connectivity index (χ4n) is 2.28. The van der Waals surface area contributed by atoms with Crippen LogP contribution in [-0.2, 0) is 19.1 Å². The van der Waals surface area contributed by atoms with Crippen molar-refractivity contribution in [3.63, 3.8) is 0 Å². The monoisotopic (exact) mass is 368 g/mol. The SMILES string of the molecule is COC(=O)/C=C(/Nc1cccc(C(=O)N(C)c2ccccc2)c1)C(=O)OC. The Balaban J connectivity index is 2.25. The number of nitrogens with one attached hydrogen (secondary N) is 1. The first kappa shape index (κ1) is 19.7. The predicted molar refractivity (Wildman–Crippen MR) is 101 cm³/mol. The van der Waals surface area contributed by atoms with Gasteiger partial charge in [0.25, 0.3) is 5.91 Å². The van der Waals surface area contributed by atoms with Crippen molar-refractivity contribution in [2.75, 3.05) is 31.5 Å². The Morgan fingerprint density at radius 2 is 1.67 bits per heavy atom. The van der Waals surface area contributed by atoms with Crippen molar-refractivity contribution in [3.8, 4) is 0 Å². The molecule has 0 saturated carbocycles. The Morgan fingerprint density at radius 3 is 2.30 bits per heavy atom. The minimum atomic E-state index is -0.737. The van der Waals surface area contributed by atoms with Crippen molar-refractivity contribution < 1.29 is 23.9 Å². The second-order valence-electron chi connectivity index (χ2n) is 5.48. The lowest BCUT2D eigenvalue weighted by Gasteiger charge is -2.18. The number of benzene rings is 2. The van der Waals surface area contributed by atoms with Crippen LogP contribution in [0.5, 0.6) is 0 Å². The largest absolute Gasteiger partial charge is 0.466 e. The van der Waals surface area contributed by atoms with E-state index in [0.717, 1.165) is 11.8 Å². The van der Waals surface area contributed by atoms with Gasteiger partial charge < -0.3 is 19.7 Å². The molecule has 2 aromatic carbocycles. The van der Waals surface area contributed by atoms with Crippen LogP contribution in [0.4, 0.5) is 11.4 Å². The van der Waals surface area contributed by atoms with E-state index < -0.39 is 11.9 Å². The third kappa shape index (κ3) is 5.18. The Hall–Kier alpha value is -3.61. The minimum absolute atomic E-state index is 0.106. The van der Waals surface area contributed by atoms with E-state index in [2.05, 4.69) is 14.8 Å². The van der Waals surface area contributed by atoms with Gasteiger partial charge in [0.2, 0.25) is 0 Å². The van der Waals surface area contributed by atoms with Crippen LogP contribution in [0.1, 0.15) is 10.4 Å². The highest BCUT2D eigenvalue weighted by Gasteiger charge is 2.16. The molecule has 27 heavy (non-hydrogen) atoms. The molecule has 0 aliphatic heterocycles. The summed E-state index contributed by atoms with van der Waals surface area (Å²) in [7, 11) is 4.07. The molecule has 0 aliphatic carbocycles. The van der Waals surface area contributed by atoms with E-state index in [9.17, 15) is 14.4 Å². The summed E-state index contributed by atoms with van der Waals surface area (Å²) in [6.07, 6.45) is 0.983. The molecule has 0 saturated heterocycles. The highest BCUT2D eigenvalue weighted by atomic mass is 16.5. The summed E-state index contributed by atoms with van der Waals surface area (Å²) in [4.78, 5) is 37.5. The first-order chi connectivity index (χ1) is 13.0. The van der Waals surface area contributed by atoms with Crippen LogP contribution < -0.4 is 10.2 Å². The molecule has 140 valence electrons. The molecule has 1 amide bonds. The molecular formula is C20H20N2O5. The Kier molecular flexibility index (Phi) is 6.71. The number of anilines is 2. The number of amides is 1. The van der Waals surface area contributed by atoms with Crippen molar-refractivity contribution in [2.24, 2.45) is 0 Å². The molecule has 2 aromatic rings. The van der Waals surface area contributed by atoms with Gasteiger partial charge in [0.15, 0.2) is 0 Å². The number of hydrogen-bond acceptors (Lipinski definition) is 6. The second kappa shape index (κ2) is 9.19. The fraction of sp³-hybridized carbons (Fsp3) is 0.150. The summed E-state index contributed by atoms with van der Waals surface area (Å²) in [5, 5.41) is 2.78. The van der Waals surface area contributed by atoms with E-state index >= 15 is 0 Å². The van der Waals surface area contributed by atoms with Crippen molar-refractivity contribution >= 4 is 29.2 Å². The van der Waals surface area contributed by atoms with Crippen LogP contribution in [-0.4, -0.2) is 39.1 Å². The summed E-state index contributed by atoms with van der Waals surface area (Å²) >= 11 is 0. The van der Waals surface area contributed by atoms with Crippen LogP contribution in [0.15, 0.2) is 66.4 Å². The quantitative estimate of drug-likeness (QED) is 0.623. The number of carbonyl (C=O) groups excluding carboxylic acids is 3. The lowest BCUT2D eigenvalue weighted by Crippen LogP contribution is -2.26. The van der Waals surface area contributed by atoms with Gasteiger partial charge in [-0.1, -0.05) is 24.3 Å². The standard InChI is InChI=1S/C20H20N2O5/c1-22(16-10-5-4-6-11-16)19(24)14-8-7-9-15(12-14)21-17(20(25)27-3)13-18(23)26-2/h4-13,21H,1-3H3/b17-13+. The Bertz CT molecular complexity index is 862. The first-order valence-electron chi connectivity index (χ1n) is 8.04. The molecule has 0 radical (unpaired) electrons. The predicted octanol–water partition coefficient (Wildman–Crippen LogP) is 2.61. The summed E-state index contributed by atoms with van der Waals surface area (Å²) < 4.78 is 9.18. The van der Waals surface area contributed by atoms with E-state index in [1.807, 2.05) is 30.3 Å². The molecule has 0 heterocycles. The fourth-order valence-corrected chi connectivity index (χ4v) is 2.28. The van der Waals surface area contributed by atoms with Gasteiger partial charge >= 0.3 is 11.9 Å². The lowest BCUT2D eigenvalue weighted by molar-refractivity contribution is -0.138. The normalized spacial score (nSPS) is 10.7. The van der Waals surface area contributed by atoms with Gasteiger partial charge in [-0.15, -0.1) is 0 Å². The molecule has 0 aromatic heterocycles. The molecule has 0 bridgehead atoms. The number of nitrogens with zero attached hydrogens (tertiary/aromatic N) is 1. The summed E-state index contributed by atoms with van der Waals surface area (Å²) in [5.74, 6) is -1.67. The van der Waals surface area contributed by atoms with E-state index in [1.165, 1.54) is 19.1 Å². The highest BCUT2D eigenvalue weighted by Crippen LogP contribution is 2.18. The number of para-hydroxylation sites is 1. The van der Waals surface area contributed by atoms with Crippen molar-refractivity contribution in [1.82, 2.24) is 0 Å². The molecule has 7 nitrogen and oxygen atoms in total. The van der Waals surface area contributed by atoms with Crippen LogP contribution >= 0.6 is 0 Å². The van der Waals surface area contributed by atoms with Crippen molar-refractivity contribution in [2.45, 2.75) is 0 Å². The molecular weight excluding hydrogens is 348 g/mol. The number of methoxy groups -OCH3 is 2. The van der Waals surface area contributed by atoms with E-state index in [4.69, 9.17) is 0 Å². The zero-order valence-corrected chi connectivity index (χ0v) is 15.3. The number of esters is 2. The summed E-state index contributed by atoms with van der Waals surface area (Å²) in [6, 6.07) is 15.8. The zero-order valence-electron chi connectivity index (χ0n) is 15.3. The Morgan fingerprint density at radius 1 is 0.963 bits per heavy atom. The van der Waals surface area contributed by atoms with Crippen LogP contribution in [0.25, 0.3) is 0 Å². The molecule has 0 aliphatic rings. The third-order valence-electron chi connectivity index (χ3n) is 3.71. The van der Waals surface area contributed by atoms with Gasteiger partial charge in [-0.2, -0.15) is 0 Å². The average molecular weight is 368 g/mol. The molecule has 2 rings (SSSR count). The van der Waals surface area contributed by atoms with Gasteiger partial charge in [-0.3, -0.25) is 4.79 Å². The zero-order chi connectivity index (χ0) is 19.8. The maximum atomic E-state index is 12.7. The minimum Gasteiger partial charge on any atom is -0.466 e.